The van der Waals surface area contributed by atoms with E-state index < -0.39 is 0 Å². The molecular weight excluding hydrogens is 116 g/mol. The lowest BCUT2D eigenvalue weighted by molar-refractivity contribution is 0.651. The summed E-state index contributed by atoms with van der Waals surface area (Å²) < 4.78 is 0. The van der Waals surface area contributed by atoms with E-state index in [1.807, 2.05) is 0 Å². The van der Waals surface area contributed by atoms with Crippen molar-refractivity contribution in [3.63, 3.8) is 0 Å². The topological polar surface area (TPSA) is 0 Å². The maximum atomic E-state index is 2.29. The zero-order valence-corrected chi connectivity index (χ0v) is 6.34. The van der Waals surface area contributed by atoms with Gasteiger partial charge in [-0.3, -0.25) is 0 Å². The lowest BCUT2D eigenvalue weighted by Gasteiger charge is -2.18. The zero-order valence-electron chi connectivity index (χ0n) is 5.52. The second-order valence-electron chi connectivity index (χ2n) is 2.40. The molecule has 0 N–H and O–H groups in total. The summed E-state index contributed by atoms with van der Waals surface area (Å²) >= 11 is 2.16. The first kappa shape index (κ1) is 6.47. The Balaban J connectivity index is 2.13. The van der Waals surface area contributed by atoms with Crippen LogP contribution in [0.3, 0.4) is 0 Å². The Hall–Kier alpha value is 0.350. The van der Waals surface area contributed by atoms with E-state index in [1.54, 1.807) is 0 Å². The van der Waals surface area contributed by atoms with Gasteiger partial charge in [-0.2, -0.15) is 11.8 Å². The highest BCUT2D eigenvalue weighted by Gasteiger charge is 2.10. The third-order valence-electron chi connectivity index (χ3n) is 1.73. The van der Waals surface area contributed by atoms with Gasteiger partial charge in [0.25, 0.3) is 0 Å². The van der Waals surface area contributed by atoms with E-state index in [0.29, 0.717) is 0 Å². The summed E-state index contributed by atoms with van der Waals surface area (Å²) in [7, 11) is 0. The monoisotopic (exact) mass is 130 g/mol. The van der Waals surface area contributed by atoms with E-state index in [0.717, 1.165) is 5.25 Å². The molecule has 8 heavy (non-hydrogen) atoms. The zero-order chi connectivity index (χ0) is 5.82. The first-order valence-corrected chi connectivity index (χ1v) is 4.60. The predicted octanol–water partition coefficient (Wildman–Crippen LogP) is 2.68. The summed E-state index contributed by atoms with van der Waals surface area (Å²) in [6.45, 7) is 2.29. The molecule has 0 aliphatic carbocycles. The Kier molecular flexibility index (Phi) is 2.74. The van der Waals surface area contributed by atoms with Crippen LogP contribution in [-0.4, -0.2) is 11.0 Å². The van der Waals surface area contributed by atoms with E-state index >= 15 is 0 Å². The molecule has 1 aliphatic heterocycles. The number of rotatable bonds is 1. The molecule has 0 aromatic rings. The molecule has 0 aromatic carbocycles. The lowest BCUT2D eigenvalue weighted by Crippen LogP contribution is -2.06. The van der Waals surface area contributed by atoms with E-state index in [1.165, 1.54) is 31.4 Å². The van der Waals surface area contributed by atoms with E-state index in [-0.39, 0.29) is 0 Å². The average molecular weight is 130 g/mol. The lowest BCUT2D eigenvalue weighted by atomic mass is 10.1. The van der Waals surface area contributed by atoms with Gasteiger partial charge in [0.2, 0.25) is 0 Å². The minimum absolute atomic E-state index is 1.00. The van der Waals surface area contributed by atoms with Crippen LogP contribution in [0.25, 0.3) is 0 Å². The third-order valence-corrected chi connectivity index (χ3v) is 3.29. The van der Waals surface area contributed by atoms with E-state index in [4.69, 9.17) is 0 Å². The quantitative estimate of drug-likeness (QED) is 0.526. The molecule has 48 valence electrons. The molecule has 1 rings (SSSR count). The van der Waals surface area contributed by atoms with Crippen molar-refractivity contribution in [3.8, 4) is 0 Å². The summed E-state index contributed by atoms with van der Waals surface area (Å²) in [5, 5.41) is 1.00. The fourth-order valence-corrected chi connectivity index (χ4v) is 2.40. The molecule has 0 aromatic heterocycles. The Bertz CT molecular complexity index is 55.4. The second-order valence-corrected chi connectivity index (χ2v) is 3.81. The molecule has 1 aliphatic rings. The van der Waals surface area contributed by atoms with Gasteiger partial charge < -0.3 is 0 Å². The summed E-state index contributed by atoms with van der Waals surface area (Å²) in [6, 6.07) is 0. The van der Waals surface area contributed by atoms with Gasteiger partial charge in [-0.15, -0.1) is 0 Å². The number of thioether (sulfide) groups is 1. The SMILES string of the molecule is CCC1CCCCS1. The van der Waals surface area contributed by atoms with Gasteiger partial charge >= 0.3 is 0 Å². The van der Waals surface area contributed by atoms with Gasteiger partial charge in [0.1, 0.15) is 0 Å². The molecule has 0 spiro atoms. The molecule has 0 nitrogen and oxygen atoms in total. The van der Waals surface area contributed by atoms with Crippen LogP contribution in [0.2, 0.25) is 0 Å². The second kappa shape index (κ2) is 3.39. The Labute approximate surface area is 56.0 Å². The molecule has 0 bridgehead atoms. The van der Waals surface area contributed by atoms with Crippen molar-refractivity contribution in [1.82, 2.24) is 0 Å². The molecule has 0 radical (unpaired) electrons. The molecule has 1 saturated heterocycles. The van der Waals surface area contributed by atoms with Gasteiger partial charge in [-0.25, -0.2) is 0 Å². The summed E-state index contributed by atoms with van der Waals surface area (Å²) in [6.07, 6.45) is 5.79. The predicted molar refractivity (Wildman–Crippen MR) is 40.4 cm³/mol. The molecule has 1 heteroatoms. The van der Waals surface area contributed by atoms with Crippen LogP contribution in [0, 0.1) is 0 Å². The van der Waals surface area contributed by atoms with Crippen molar-refractivity contribution in [2.45, 2.75) is 37.9 Å². The van der Waals surface area contributed by atoms with E-state index in [9.17, 15) is 0 Å². The highest BCUT2D eigenvalue weighted by Crippen LogP contribution is 2.26. The summed E-state index contributed by atoms with van der Waals surface area (Å²) in [4.78, 5) is 0. The maximum Gasteiger partial charge on any atom is 0.00444 e. The molecule has 1 atom stereocenters. The number of hydrogen-bond acceptors (Lipinski definition) is 1. The van der Waals surface area contributed by atoms with Gasteiger partial charge in [0.05, 0.1) is 0 Å². The first-order chi connectivity index (χ1) is 3.93. The normalized spacial score (nSPS) is 30.4. The molecule has 0 saturated carbocycles. The van der Waals surface area contributed by atoms with Crippen molar-refractivity contribution in [3.05, 3.63) is 0 Å². The van der Waals surface area contributed by atoms with Crippen molar-refractivity contribution in [1.29, 1.82) is 0 Å². The fraction of sp³-hybridized carbons (Fsp3) is 1.00. The highest BCUT2D eigenvalue weighted by atomic mass is 32.2. The van der Waals surface area contributed by atoms with Crippen LogP contribution in [-0.2, 0) is 0 Å². The highest BCUT2D eigenvalue weighted by molar-refractivity contribution is 7.99. The van der Waals surface area contributed by atoms with Gasteiger partial charge in [0.15, 0.2) is 0 Å². The summed E-state index contributed by atoms with van der Waals surface area (Å²) in [5.41, 5.74) is 0. The van der Waals surface area contributed by atoms with E-state index in [2.05, 4.69) is 18.7 Å². The molecule has 0 amide bonds. The van der Waals surface area contributed by atoms with Gasteiger partial charge in [-0.05, 0) is 25.0 Å². The largest absolute Gasteiger partial charge is 0.159 e. The van der Waals surface area contributed by atoms with Crippen LogP contribution in [0.1, 0.15) is 32.6 Å². The summed E-state index contributed by atoms with van der Waals surface area (Å²) in [5.74, 6) is 1.42. The van der Waals surface area contributed by atoms with Crippen LogP contribution in [0.5, 0.6) is 0 Å². The van der Waals surface area contributed by atoms with Crippen LogP contribution >= 0.6 is 11.8 Å². The van der Waals surface area contributed by atoms with Crippen LogP contribution < -0.4 is 0 Å². The van der Waals surface area contributed by atoms with Gasteiger partial charge in [-0.1, -0.05) is 13.3 Å². The maximum absolute atomic E-state index is 2.29. The van der Waals surface area contributed by atoms with Crippen LogP contribution in [0.15, 0.2) is 0 Å². The Morgan fingerprint density at radius 1 is 1.50 bits per heavy atom. The third kappa shape index (κ3) is 1.70. The molecule has 1 heterocycles. The minimum atomic E-state index is 1.00. The fourth-order valence-electron chi connectivity index (χ4n) is 1.13. The first-order valence-electron chi connectivity index (χ1n) is 3.55. The van der Waals surface area contributed by atoms with Crippen molar-refractivity contribution in [2.24, 2.45) is 0 Å². The Morgan fingerprint density at radius 2 is 2.38 bits per heavy atom. The minimum Gasteiger partial charge on any atom is -0.159 e. The molecular formula is C7H14S. The smallest absolute Gasteiger partial charge is 0.00444 e. The van der Waals surface area contributed by atoms with Crippen molar-refractivity contribution >= 4 is 11.8 Å². The molecule has 1 unspecified atom stereocenters. The Morgan fingerprint density at radius 3 is 2.75 bits per heavy atom. The number of hydrogen-bond donors (Lipinski definition) is 0. The van der Waals surface area contributed by atoms with Crippen molar-refractivity contribution in [2.75, 3.05) is 5.75 Å². The van der Waals surface area contributed by atoms with Gasteiger partial charge in [0, 0.05) is 5.25 Å². The standard InChI is InChI=1S/C7H14S/c1-2-7-5-3-4-6-8-7/h7H,2-6H2,1H3. The molecule has 1 fully saturated rings. The average Bonchev–Trinajstić information content (AvgIpc) is 1.90. The van der Waals surface area contributed by atoms with Crippen LogP contribution in [0.4, 0.5) is 0 Å². The van der Waals surface area contributed by atoms with Crippen molar-refractivity contribution < 1.29 is 0 Å².